The summed E-state index contributed by atoms with van der Waals surface area (Å²) in [5.41, 5.74) is 0. The Morgan fingerprint density at radius 1 is 1.67 bits per heavy atom. The van der Waals surface area contributed by atoms with E-state index in [0.29, 0.717) is 0 Å². The van der Waals surface area contributed by atoms with Gasteiger partial charge in [0, 0.05) is 6.26 Å². The lowest BCUT2D eigenvalue weighted by molar-refractivity contribution is 0.615. The molecule has 0 N–H and O–H groups in total. The summed E-state index contributed by atoms with van der Waals surface area (Å²) in [5.74, 6) is 0. The van der Waals surface area contributed by atoms with Gasteiger partial charge < -0.3 is 0 Å². The molecule has 6 heavy (non-hydrogen) atoms. The predicted molar refractivity (Wildman–Crippen MR) is 32.1 cm³/mol. The summed E-state index contributed by atoms with van der Waals surface area (Å²) >= 11 is 3.54. The molecule has 0 amide bonds. The molecule has 0 rings (SSSR count). The van der Waals surface area contributed by atoms with Crippen molar-refractivity contribution in [2.75, 3.05) is 6.26 Å². The maximum atomic E-state index is 9.94. The Balaban J connectivity index is 3.85. The van der Waals surface area contributed by atoms with Gasteiger partial charge >= 0.3 is 0 Å². The van der Waals surface area contributed by atoms with Crippen molar-refractivity contribution >= 4 is 28.7 Å². The van der Waals surface area contributed by atoms with Gasteiger partial charge in [-0.25, -0.2) is 8.42 Å². The summed E-state index contributed by atoms with van der Waals surface area (Å²) in [4.78, 5) is 0. The van der Waals surface area contributed by atoms with E-state index >= 15 is 0 Å². The maximum absolute atomic E-state index is 9.94. The van der Waals surface area contributed by atoms with Gasteiger partial charge in [-0.15, -0.1) is 12.2 Å². The molecule has 0 saturated carbocycles. The smallest absolute Gasteiger partial charge is 0.170 e. The summed E-state index contributed by atoms with van der Waals surface area (Å²) in [6.45, 7) is -0.266. The second-order valence-corrected chi connectivity index (χ2v) is 7.01. The van der Waals surface area contributed by atoms with E-state index in [1.165, 1.54) is 0 Å². The average Bonchev–Trinajstić information content (AvgIpc) is 1.35. The Morgan fingerprint density at radius 2 is 1.83 bits per heavy atom. The molecule has 0 aliphatic rings. The zero-order valence-corrected chi connectivity index (χ0v) is 5.88. The van der Waals surface area contributed by atoms with Crippen LogP contribution in [0.5, 0.6) is 0 Å². The van der Waals surface area contributed by atoms with Gasteiger partial charge in [-0.05, 0) is 0 Å². The molecule has 0 saturated heterocycles. The van der Waals surface area contributed by atoms with Crippen molar-refractivity contribution in [3.05, 3.63) is 0 Å². The molecule has 1 unspecified atom stereocenters. The zero-order chi connectivity index (χ0) is 5.21. The first-order valence-electron chi connectivity index (χ1n) is 1.17. The molecule has 0 aliphatic heterocycles. The van der Waals surface area contributed by atoms with Crippen molar-refractivity contribution in [3.63, 3.8) is 0 Å². The first-order chi connectivity index (χ1) is 2.56. The van der Waals surface area contributed by atoms with Crippen molar-refractivity contribution in [1.82, 2.24) is 0 Å². The van der Waals surface area contributed by atoms with Crippen molar-refractivity contribution in [1.29, 1.82) is 0 Å². The largest absolute Gasteiger partial charge is 0.224 e. The molecule has 0 aromatic rings. The third-order valence-electron chi connectivity index (χ3n) is 0.166. The molecule has 5 heteroatoms. The monoisotopic (exact) mass is 144 g/mol. The standard InChI is InChI=1S/CH5O2PS2/c1-6(2,3)4-5/h4-5H,1H3. The molecular weight excluding hydrogens is 139 g/mol. The lowest BCUT2D eigenvalue weighted by Gasteiger charge is -1.80. The van der Waals surface area contributed by atoms with E-state index in [9.17, 15) is 8.42 Å². The minimum Gasteiger partial charge on any atom is -0.224 e. The summed E-state index contributed by atoms with van der Waals surface area (Å²) < 4.78 is 19.9. The molecule has 0 fully saturated rings. The lowest BCUT2D eigenvalue weighted by Crippen LogP contribution is -1.78. The van der Waals surface area contributed by atoms with Crippen LogP contribution in [0.15, 0.2) is 0 Å². The highest BCUT2D eigenvalue weighted by molar-refractivity contribution is 8.73. The van der Waals surface area contributed by atoms with E-state index in [4.69, 9.17) is 0 Å². The van der Waals surface area contributed by atoms with Crippen LogP contribution in [0.3, 0.4) is 0 Å². The molecule has 0 heterocycles. The fourth-order valence-corrected chi connectivity index (χ4v) is 0. The van der Waals surface area contributed by atoms with E-state index in [2.05, 4.69) is 12.2 Å². The molecule has 0 bridgehead atoms. The quantitative estimate of drug-likeness (QED) is 0.428. The lowest BCUT2D eigenvalue weighted by atomic mass is 12.0. The van der Waals surface area contributed by atoms with Crippen LogP contribution < -0.4 is 0 Å². The summed E-state index contributed by atoms with van der Waals surface area (Å²) in [6, 6.07) is 0. The Labute approximate surface area is 43.9 Å². The summed E-state index contributed by atoms with van der Waals surface area (Å²) in [5, 5.41) is 0. The fourth-order valence-electron chi connectivity index (χ4n) is 0. The van der Waals surface area contributed by atoms with Crippen molar-refractivity contribution in [2.24, 2.45) is 0 Å². The van der Waals surface area contributed by atoms with Gasteiger partial charge in [0.05, 0.1) is 6.98 Å². The Bertz CT molecular complexity index is 114. The predicted octanol–water partition coefficient (Wildman–Crippen LogP) is 0.469. The molecule has 0 aromatic carbocycles. The average molecular weight is 144 g/mol. The van der Waals surface area contributed by atoms with Crippen LogP contribution in [-0.4, -0.2) is 14.7 Å². The molecular formula is CH5O2PS2. The fraction of sp³-hybridized carbons (Fsp3) is 1.00. The molecule has 38 valence electrons. The van der Waals surface area contributed by atoms with Crippen molar-refractivity contribution < 1.29 is 8.42 Å². The summed E-state index contributed by atoms with van der Waals surface area (Å²) in [7, 11) is -2.77. The molecule has 0 aromatic heterocycles. The van der Waals surface area contributed by atoms with Crippen molar-refractivity contribution in [3.8, 4) is 0 Å². The van der Waals surface area contributed by atoms with Gasteiger partial charge in [-0.3, -0.25) is 0 Å². The molecule has 0 aliphatic carbocycles. The van der Waals surface area contributed by atoms with Gasteiger partial charge in [-0.1, -0.05) is 0 Å². The second kappa shape index (κ2) is 2.15. The molecule has 0 radical (unpaired) electrons. The van der Waals surface area contributed by atoms with Crippen LogP contribution in [0.1, 0.15) is 0 Å². The van der Waals surface area contributed by atoms with E-state index in [1.54, 1.807) is 0 Å². The van der Waals surface area contributed by atoms with E-state index in [0.717, 1.165) is 6.26 Å². The first-order valence-corrected chi connectivity index (χ1v) is 6.07. The van der Waals surface area contributed by atoms with Crippen LogP contribution in [0, 0.1) is 0 Å². The second-order valence-electron chi connectivity index (χ2n) is 0.863. The van der Waals surface area contributed by atoms with Crippen LogP contribution in [-0.2, 0) is 9.46 Å². The molecule has 2 nitrogen and oxygen atoms in total. The normalized spacial score (nSPS) is 13.7. The third kappa shape index (κ3) is 4.73. The van der Waals surface area contributed by atoms with Gasteiger partial charge in [0.1, 0.15) is 0 Å². The Morgan fingerprint density at radius 3 is 1.83 bits per heavy atom. The van der Waals surface area contributed by atoms with Gasteiger partial charge in [-0.2, -0.15) is 0 Å². The zero-order valence-electron chi connectivity index (χ0n) is 3.17. The minimum absolute atomic E-state index is 0.266. The maximum Gasteiger partial charge on any atom is 0.170 e. The van der Waals surface area contributed by atoms with Gasteiger partial charge in [0.15, 0.2) is 9.46 Å². The number of hydrogen-bond donors (Lipinski definition) is 1. The van der Waals surface area contributed by atoms with Crippen LogP contribution in [0.4, 0.5) is 0 Å². The number of thiol groups is 1. The molecule has 0 spiro atoms. The Kier molecular flexibility index (Phi) is 2.41. The van der Waals surface area contributed by atoms with E-state index in [1.807, 2.05) is 0 Å². The minimum atomic E-state index is -2.77. The van der Waals surface area contributed by atoms with E-state index < -0.39 is 9.46 Å². The van der Waals surface area contributed by atoms with Gasteiger partial charge in [0.2, 0.25) is 0 Å². The molecule has 1 atom stereocenters. The topological polar surface area (TPSA) is 34.1 Å². The highest BCUT2D eigenvalue weighted by atomic mass is 33.1. The Hall–Kier alpha value is 0.730. The summed E-state index contributed by atoms with van der Waals surface area (Å²) in [6.07, 6.45) is 1.15. The number of hydrogen-bond acceptors (Lipinski definition) is 3. The van der Waals surface area contributed by atoms with Gasteiger partial charge in [0.25, 0.3) is 0 Å². The highest BCUT2D eigenvalue weighted by Crippen LogP contribution is 2.21. The third-order valence-corrected chi connectivity index (χ3v) is 4.48. The first kappa shape index (κ1) is 6.73. The van der Waals surface area contributed by atoms with E-state index in [-0.39, 0.29) is 6.98 Å². The highest BCUT2D eigenvalue weighted by Gasteiger charge is 1.91. The number of rotatable bonds is 1. The van der Waals surface area contributed by atoms with Crippen LogP contribution in [0.25, 0.3) is 0 Å². The van der Waals surface area contributed by atoms with Crippen LogP contribution in [0.2, 0.25) is 0 Å². The SMILES string of the molecule is CS(=O)(=O)PS. The van der Waals surface area contributed by atoms with Crippen LogP contribution >= 0.6 is 19.2 Å². The van der Waals surface area contributed by atoms with Crippen molar-refractivity contribution in [2.45, 2.75) is 0 Å².